The second kappa shape index (κ2) is 4.41. The summed E-state index contributed by atoms with van der Waals surface area (Å²) in [5, 5.41) is 3.04. The van der Waals surface area contributed by atoms with Crippen molar-refractivity contribution >= 4 is 5.69 Å². The molecule has 0 aliphatic heterocycles. The number of anilines is 1. The van der Waals surface area contributed by atoms with Gasteiger partial charge in [0, 0.05) is 18.5 Å². The number of nitrogens with one attached hydrogen (secondary N) is 1. The van der Waals surface area contributed by atoms with Crippen molar-refractivity contribution in [2.24, 2.45) is 0 Å². The standard InChI is InChI=1S/C12H11F3N2O/c1-16-11(7-2-8-11)17-9-3-5-10(6-4-9)18-12(13,14)15/h3-6,17H,2,7-8H2. The SMILES string of the molecule is [C-]#[N+]C1(Nc2ccc(OC(F)(F)F)cc2)CCC1. The number of rotatable bonds is 3. The fraction of sp³-hybridized carbons (Fsp3) is 0.417. The number of nitrogens with zero attached hydrogens (tertiary/aromatic N) is 1. The van der Waals surface area contributed by atoms with Gasteiger partial charge in [0.25, 0.3) is 0 Å². The van der Waals surface area contributed by atoms with Gasteiger partial charge in [-0.05, 0) is 30.7 Å². The van der Waals surface area contributed by atoms with Crippen LogP contribution in [0.5, 0.6) is 5.75 Å². The molecule has 0 heterocycles. The van der Waals surface area contributed by atoms with E-state index in [0.717, 1.165) is 19.3 Å². The Kier molecular flexibility index (Phi) is 3.07. The summed E-state index contributed by atoms with van der Waals surface area (Å²) in [5.41, 5.74) is 0.0482. The monoisotopic (exact) mass is 256 g/mol. The van der Waals surface area contributed by atoms with Crippen LogP contribution in [-0.4, -0.2) is 12.0 Å². The van der Waals surface area contributed by atoms with Crippen LogP contribution in [-0.2, 0) is 0 Å². The van der Waals surface area contributed by atoms with E-state index >= 15 is 0 Å². The summed E-state index contributed by atoms with van der Waals surface area (Å²) in [5.74, 6) is -0.265. The zero-order valence-corrected chi connectivity index (χ0v) is 9.42. The molecule has 96 valence electrons. The molecule has 1 aromatic carbocycles. The Balaban J connectivity index is 2.02. The zero-order valence-electron chi connectivity index (χ0n) is 9.42. The van der Waals surface area contributed by atoms with Crippen molar-refractivity contribution in [1.29, 1.82) is 0 Å². The Morgan fingerprint density at radius 3 is 2.22 bits per heavy atom. The Morgan fingerprint density at radius 1 is 1.22 bits per heavy atom. The van der Waals surface area contributed by atoms with Crippen molar-refractivity contribution in [1.82, 2.24) is 0 Å². The second-order valence-electron chi connectivity index (χ2n) is 4.19. The predicted molar refractivity (Wildman–Crippen MR) is 59.9 cm³/mol. The number of alkyl halides is 3. The van der Waals surface area contributed by atoms with Crippen molar-refractivity contribution < 1.29 is 17.9 Å². The number of hydrogen-bond acceptors (Lipinski definition) is 2. The van der Waals surface area contributed by atoms with E-state index in [9.17, 15) is 13.2 Å². The van der Waals surface area contributed by atoms with Crippen molar-refractivity contribution in [3.8, 4) is 5.75 Å². The molecule has 0 amide bonds. The number of benzene rings is 1. The average Bonchev–Trinajstić information content (AvgIpc) is 2.24. The number of ether oxygens (including phenoxy) is 1. The van der Waals surface area contributed by atoms with Crippen molar-refractivity contribution in [3.05, 3.63) is 35.7 Å². The lowest BCUT2D eigenvalue weighted by molar-refractivity contribution is -0.274. The van der Waals surface area contributed by atoms with Gasteiger partial charge in [0.15, 0.2) is 0 Å². The van der Waals surface area contributed by atoms with Gasteiger partial charge in [-0.25, -0.2) is 6.57 Å². The van der Waals surface area contributed by atoms with Gasteiger partial charge in [0.1, 0.15) is 5.75 Å². The van der Waals surface area contributed by atoms with Gasteiger partial charge in [-0.3, -0.25) is 4.85 Å². The summed E-state index contributed by atoms with van der Waals surface area (Å²) < 4.78 is 39.6. The van der Waals surface area contributed by atoms with Crippen LogP contribution < -0.4 is 10.1 Å². The number of halogens is 3. The molecule has 1 aliphatic carbocycles. The van der Waals surface area contributed by atoms with Crippen LogP contribution in [0, 0.1) is 6.57 Å². The first kappa shape index (κ1) is 12.6. The van der Waals surface area contributed by atoms with E-state index in [4.69, 9.17) is 6.57 Å². The first-order valence-electron chi connectivity index (χ1n) is 5.45. The fourth-order valence-corrected chi connectivity index (χ4v) is 1.79. The summed E-state index contributed by atoms with van der Waals surface area (Å²) in [7, 11) is 0. The van der Waals surface area contributed by atoms with E-state index in [-0.39, 0.29) is 5.75 Å². The molecule has 0 spiro atoms. The minimum Gasteiger partial charge on any atom is -0.406 e. The van der Waals surface area contributed by atoms with E-state index in [0.29, 0.717) is 5.69 Å². The molecule has 1 aliphatic rings. The lowest BCUT2D eigenvalue weighted by atomic mass is 9.85. The summed E-state index contributed by atoms with van der Waals surface area (Å²) in [6.07, 6.45) is -2.17. The Morgan fingerprint density at radius 2 is 1.83 bits per heavy atom. The molecular formula is C12H11F3N2O. The van der Waals surface area contributed by atoms with E-state index in [1.807, 2.05) is 0 Å². The molecule has 0 bridgehead atoms. The van der Waals surface area contributed by atoms with Gasteiger partial charge >= 0.3 is 12.0 Å². The van der Waals surface area contributed by atoms with E-state index in [1.165, 1.54) is 24.3 Å². The summed E-state index contributed by atoms with van der Waals surface area (Å²) in [4.78, 5) is 3.53. The Labute approximate surface area is 102 Å². The van der Waals surface area contributed by atoms with E-state index in [1.54, 1.807) is 0 Å². The maximum atomic E-state index is 12.0. The molecule has 1 N–H and O–H groups in total. The van der Waals surface area contributed by atoms with Crippen LogP contribution >= 0.6 is 0 Å². The smallest absolute Gasteiger partial charge is 0.406 e. The Bertz CT molecular complexity index is 458. The largest absolute Gasteiger partial charge is 0.573 e. The van der Waals surface area contributed by atoms with Gasteiger partial charge in [0.2, 0.25) is 0 Å². The molecule has 2 rings (SSSR count). The van der Waals surface area contributed by atoms with Crippen LogP contribution in [0.3, 0.4) is 0 Å². The summed E-state index contributed by atoms with van der Waals surface area (Å²) in [6.45, 7) is 7.11. The highest BCUT2D eigenvalue weighted by Crippen LogP contribution is 2.37. The molecule has 6 heteroatoms. The molecule has 18 heavy (non-hydrogen) atoms. The third-order valence-electron chi connectivity index (χ3n) is 2.86. The van der Waals surface area contributed by atoms with Crippen LogP contribution in [0.1, 0.15) is 19.3 Å². The van der Waals surface area contributed by atoms with Gasteiger partial charge < -0.3 is 10.1 Å². The first-order valence-corrected chi connectivity index (χ1v) is 5.45. The average molecular weight is 256 g/mol. The topological polar surface area (TPSA) is 25.6 Å². The van der Waals surface area contributed by atoms with Gasteiger partial charge in [-0.2, -0.15) is 0 Å². The minimum absolute atomic E-state index is 0.265. The lowest BCUT2D eigenvalue weighted by Crippen LogP contribution is -2.41. The highest BCUT2D eigenvalue weighted by Gasteiger charge is 2.43. The molecule has 1 saturated carbocycles. The Hall–Kier alpha value is -1.90. The molecular weight excluding hydrogens is 245 g/mol. The van der Waals surface area contributed by atoms with Crippen LogP contribution in [0.15, 0.2) is 24.3 Å². The molecule has 0 saturated heterocycles. The fourth-order valence-electron chi connectivity index (χ4n) is 1.79. The van der Waals surface area contributed by atoms with Gasteiger partial charge in [-0.1, -0.05) is 0 Å². The lowest BCUT2D eigenvalue weighted by Gasteiger charge is -2.31. The van der Waals surface area contributed by atoms with E-state index in [2.05, 4.69) is 14.9 Å². The quantitative estimate of drug-likeness (QED) is 0.832. The first-order chi connectivity index (χ1) is 8.42. The van der Waals surface area contributed by atoms with Crippen molar-refractivity contribution in [3.63, 3.8) is 0 Å². The molecule has 0 radical (unpaired) electrons. The second-order valence-corrected chi connectivity index (χ2v) is 4.19. The van der Waals surface area contributed by atoms with Gasteiger partial charge in [-0.15, -0.1) is 13.2 Å². The van der Waals surface area contributed by atoms with Crippen LogP contribution in [0.2, 0.25) is 0 Å². The minimum atomic E-state index is -4.68. The molecule has 1 aromatic rings. The highest BCUT2D eigenvalue weighted by molar-refractivity contribution is 5.49. The third-order valence-corrected chi connectivity index (χ3v) is 2.86. The molecule has 0 unspecified atom stereocenters. The van der Waals surface area contributed by atoms with Crippen molar-refractivity contribution in [2.45, 2.75) is 31.3 Å². The molecule has 0 atom stereocenters. The third kappa shape index (κ3) is 2.86. The normalized spacial score (nSPS) is 17.4. The maximum absolute atomic E-state index is 12.0. The van der Waals surface area contributed by atoms with Crippen LogP contribution in [0.4, 0.5) is 18.9 Å². The van der Waals surface area contributed by atoms with Crippen molar-refractivity contribution in [2.75, 3.05) is 5.32 Å². The molecule has 0 aromatic heterocycles. The van der Waals surface area contributed by atoms with Crippen LogP contribution in [0.25, 0.3) is 4.85 Å². The summed E-state index contributed by atoms with van der Waals surface area (Å²) in [6, 6.07) is 5.41. The highest BCUT2D eigenvalue weighted by atomic mass is 19.4. The summed E-state index contributed by atoms with van der Waals surface area (Å²) >= 11 is 0. The number of hydrogen-bond donors (Lipinski definition) is 1. The maximum Gasteiger partial charge on any atom is 0.573 e. The molecule has 3 nitrogen and oxygen atoms in total. The van der Waals surface area contributed by atoms with Gasteiger partial charge in [0.05, 0.1) is 0 Å². The molecule has 1 fully saturated rings. The van der Waals surface area contributed by atoms with E-state index < -0.39 is 12.0 Å². The predicted octanol–water partition coefficient (Wildman–Crippen LogP) is 3.80. The zero-order chi connectivity index (χ0) is 13.2.